The number of hydrogen-bond acceptors (Lipinski definition) is 7. The van der Waals surface area contributed by atoms with Crippen LogP contribution in [0, 0.1) is 5.92 Å². The minimum atomic E-state index is -5.01. The number of benzene rings is 1. The lowest BCUT2D eigenvalue weighted by Crippen LogP contribution is -2.57. The maximum Gasteiger partial charge on any atom is 0.416 e. The van der Waals surface area contributed by atoms with Crippen LogP contribution in [0.5, 0.6) is 0 Å². The number of aromatic nitrogens is 4. The van der Waals surface area contributed by atoms with Crippen molar-refractivity contribution in [1.82, 2.24) is 24.6 Å². The first-order chi connectivity index (χ1) is 23.0. The van der Waals surface area contributed by atoms with E-state index < -0.39 is 47.7 Å². The fourth-order valence-electron chi connectivity index (χ4n) is 6.78. The molecule has 0 radical (unpaired) electrons. The van der Waals surface area contributed by atoms with Gasteiger partial charge in [0.1, 0.15) is 6.10 Å². The molecule has 266 valence electrons. The van der Waals surface area contributed by atoms with Crippen molar-refractivity contribution in [2.24, 2.45) is 13.0 Å². The Morgan fingerprint density at radius 2 is 1.47 bits per heavy atom. The molecule has 10 nitrogen and oxygen atoms in total. The summed E-state index contributed by atoms with van der Waals surface area (Å²) in [6.07, 6.45) is -1.94. The molecule has 3 aromatic rings. The number of aryl methyl sites for hydroxylation is 1. The molecule has 2 aliphatic rings. The summed E-state index contributed by atoms with van der Waals surface area (Å²) in [6.45, 7) is 3.42. The fraction of sp³-hybridized carbons (Fsp3) is 0.545. The third-order valence-electron chi connectivity index (χ3n) is 9.33. The first-order valence-electron chi connectivity index (χ1n) is 16.1. The van der Waals surface area contributed by atoms with Gasteiger partial charge in [0.2, 0.25) is 5.95 Å². The van der Waals surface area contributed by atoms with Crippen LogP contribution in [0.2, 0.25) is 0 Å². The van der Waals surface area contributed by atoms with Gasteiger partial charge in [-0.15, -0.1) is 0 Å². The summed E-state index contributed by atoms with van der Waals surface area (Å²) in [7, 11) is 1.74. The van der Waals surface area contributed by atoms with Gasteiger partial charge in [0.25, 0.3) is 0 Å². The molecule has 5 rings (SSSR count). The van der Waals surface area contributed by atoms with Crippen LogP contribution in [0.3, 0.4) is 0 Å². The number of halogens is 6. The van der Waals surface area contributed by atoms with E-state index in [4.69, 9.17) is 9.84 Å². The number of ether oxygens (including phenoxy) is 1. The summed E-state index contributed by atoms with van der Waals surface area (Å²) < 4.78 is 90.0. The van der Waals surface area contributed by atoms with Crippen LogP contribution >= 0.6 is 0 Å². The SMILES string of the molecule is CCC1CC(N(Cc2cc(C(F)(F)F)cc(C(F)(F)F)c2)c2ncc(-c3cnn(C)c3)cn2)CC(CC)N1C(=O)OC1CC(CC(=O)O)C1. The minimum absolute atomic E-state index is 0.00603. The number of aliphatic carboxylic acids is 1. The number of carbonyl (C=O) groups is 2. The van der Waals surface area contributed by atoms with Crippen LogP contribution in [0.4, 0.5) is 37.1 Å². The molecule has 16 heteroatoms. The third kappa shape index (κ3) is 8.44. The van der Waals surface area contributed by atoms with E-state index in [1.807, 2.05) is 13.8 Å². The Labute approximate surface area is 279 Å². The fourth-order valence-corrected chi connectivity index (χ4v) is 6.78. The van der Waals surface area contributed by atoms with E-state index in [1.165, 1.54) is 12.4 Å². The van der Waals surface area contributed by atoms with Gasteiger partial charge in [0.15, 0.2) is 0 Å². The number of carboxylic acid groups (broad SMARTS) is 1. The molecule has 1 saturated heterocycles. The number of alkyl halides is 6. The molecule has 2 fully saturated rings. The van der Waals surface area contributed by atoms with Crippen LogP contribution in [0.15, 0.2) is 43.0 Å². The molecule has 2 aromatic heterocycles. The average molecular weight is 697 g/mol. The highest BCUT2D eigenvalue weighted by molar-refractivity contribution is 5.70. The molecule has 49 heavy (non-hydrogen) atoms. The van der Waals surface area contributed by atoms with Gasteiger partial charge in [-0.25, -0.2) is 14.8 Å². The molecule has 2 atom stereocenters. The summed E-state index contributed by atoms with van der Waals surface area (Å²) in [4.78, 5) is 36.8. The summed E-state index contributed by atoms with van der Waals surface area (Å²) in [5.41, 5.74) is -1.71. The van der Waals surface area contributed by atoms with E-state index in [0.29, 0.717) is 56.2 Å². The van der Waals surface area contributed by atoms with Gasteiger partial charge in [-0.2, -0.15) is 31.4 Å². The molecular formula is C33H38F6N6O4. The van der Waals surface area contributed by atoms with Gasteiger partial charge >= 0.3 is 24.4 Å². The van der Waals surface area contributed by atoms with E-state index in [1.54, 1.807) is 33.9 Å². The number of carboxylic acids is 1. The zero-order valence-corrected chi connectivity index (χ0v) is 27.2. The quantitative estimate of drug-likeness (QED) is 0.219. The predicted octanol–water partition coefficient (Wildman–Crippen LogP) is 7.33. The maximum atomic E-state index is 13.8. The summed E-state index contributed by atoms with van der Waals surface area (Å²) in [5, 5.41) is 13.2. The van der Waals surface area contributed by atoms with Crippen LogP contribution in [-0.2, 0) is 35.5 Å². The zero-order valence-electron chi connectivity index (χ0n) is 27.2. The first kappa shape index (κ1) is 35.9. The largest absolute Gasteiger partial charge is 0.481 e. The first-order valence-corrected chi connectivity index (χ1v) is 16.1. The van der Waals surface area contributed by atoms with E-state index in [9.17, 15) is 35.9 Å². The lowest BCUT2D eigenvalue weighted by molar-refractivity contribution is -0.143. The Hall–Kier alpha value is -4.37. The van der Waals surface area contributed by atoms with E-state index in [0.717, 1.165) is 5.56 Å². The summed E-state index contributed by atoms with van der Waals surface area (Å²) >= 11 is 0. The Morgan fingerprint density at radius 3 is 1.94 bits per heavy atom. The number of likely N-dealkylation sites (tertiary alicyclic amines) is 1. The molecular weight excluding hydrogens is 658 g/mol. The van der Waals surface area contributed by atoms with E-state index in [-0.39, 0.29) is 48.5 Å². The Bertz CT molecular complexity index is 1580. The number of hydrogen-bond donors (Lipinski definition) is 1. The van der Waals surface area contributed by atoms with Crippen LogP contribution in [-0.4, -0.2) is 66.0 Å². The van der Waals surface area contributed by atoms with Gasteiger partial charge in [-0.05, 0) is 68.2 Å². The molecule has 0 spiro atoms. The van der Waals surface area contributed by atoms with Crippen molar-refractivity contribution in [3.63, 3.8) is 0 Å². The summed E-state index contributed by atoms with van der Waals surface area (Å²) in [6, 6.07) is 0.331. The van der Waals surface area contributed by atoms with E-state index >= 15 is 0 Å². The Balaban J connectivity index is 1.45. The highest BCUT2D eigenvalue weighted by Crippen LogP contribution is 2.39. The van der Waals surface area contributed by atoms with E-state index in [2.05, 4.69) is 15.1 Å². The highest BCUT2D eigenvalue weighted by Gasteiger charge is 2.43. The van der Waals surface area contributed by atoms with Gasteiger partial charge in [0.05, 0.1) is 17.3 Å². The van der Waals surface area contributed by atoms with Crippen molar-refractivity contribution in [2.75, 3.05) is 4.90 Å². The number of nitrogens with zero attached hydrogens (tertiary/aromatic N) is 6. The smallest absolute Gasteiger partial charge is 0.416 e. The van der Waals surface area contributed by atoms with Gasteiger partial charge < -0.3 is 19.6 Å². The molecule has 2 unspecified atom stereocenters. The maximum absolute atomic E-state index is 13.8. The second-order valence-corrected chi connectivity index (χ2v) is 12.8. The van der Waals surface area contributed by atoms with Gasteiger partial charge in [0, 0.05) is 67.9 Å². The Morgan fingerprint density at radius 1 is 0.898 bits per heavy atom. The lowest BCUT2D eigenvalue weighted by atomic mass is 9.80. The lowest BCUT2D eigenvalue weighted by Gasteiger charge is -2.48. The molecule has 1 saturated carbocycles. The number of anilines is 1. The number of carbonyl (C=O) groups excluding carboxylic acids is 1. The van der Waals surface area contributed by atoms with Crippen LogP contribution in [0.25, 0.3) is 11.1 Å². The van der Waals surface area contributed by atoms with Crippen molar-refractivity contribution in [3.05, 3.63) is 59.7 Å². The van der Waals surface area contributed by atoms with Crippen molar-refractivity contribution in [2.45, 2.75) is 102 Å². The van der Waals surface area contributed by atoms with Gasteiger partial charge in [-0.1, -0.05) is 13.8 Å². The zero-order chi connectivity index (χ0) is 35.7. The number of rotatable bonds is 10. The number of piperidine rings is 1. The number of amides is 1. The van der Waals surface area contributed by atoms with Crippen LogP contribution < -0.4 is 4.90 Å². The molecule has 1 aromatic carbocycles. The topological polar surface area (TPSA) is 114 Å². The summed E-state index contributed by atoms with van der Waals surface area (Å²) in [5.74, 6) is -0.853. The molecule has 1 aliphatic heterocycles. The van der Waals surface area contributed by atoms with Crippen LogP contribution in [0.1, 0.15) is 75.5 Å². The average Bonchev–Trinajstić information content (AvgIpc) is 3.46. The monoisotopic (exact) mass is 696 g/mol. The van der Waals surface area contributed by atoms with Crippen molar-refractivity contribution in [1.29, 1.82) is 0 Å². The molecule has 0 bridgehead atoms. The molecule has 3 heterocycles. The Kier molecular flexibility index (Phi) is 10.4. The molecule has 1 N–H and O–H groups in total. The second-order valence-electron chi connectivity index (χ2n) is 12.8. The van der Waals surface area contributed by atoms with Gasteiger partial charge in [-0.3, -0.25) is 9.48 Å². The highest BCUT2D eigenvalue weighted by atomic mass is 19.4. The normalized spacial score (nSPS) is 22.8. The van der Waals surface area contributed by atoms with Crippen molar-refractivity contribution < 1.29 is 45.8 Å². The third-order valence-corrected chi connectivity index (χ3v) is 9.33. The molecule has 1 amide bonds. The predicted molar refractivity (Wildman–Crippen MR) is 165 cm³/mol. The minimum Gasteiger partial charge on any atom is -0.481 e. The second kappa shape index (κ2) is 14.2. The van der Waals surface area contributed by atoms with Crippen molar-refractivity contribution in [3.8, 4) is 11.1 Å². The molecule has 1 aliphatic carbocycles. The van der Waals surface area contributed by atoms with Crippen molar-refractivity contribution >= 4 is 18.0 Å². The standard InChI is InChI=1S/C33H38F6N6O4/c1-4-25-12-27(13-26(5-2)45(25)31(48)49-28-8-19(9-28)10-29(46)47)44(30-40-14-21(15-41-30)22-16-42-43(3)18-22)17-20-6-23(32(34,35)36)11-24(7-20)33(37,38)39/h6-7,11,14-16,18-19,25-28H,4-5,8-10,12-13,17H2,1-3H3,(H,46,47).